The summed E-state index contributed by atoms with van der Waals surface area (Å²) in [6, 6.07) is 0. The molecule has 2 saturated heterocycles. The molecule has 0 aromatic rings. The summed E-state index contributed by atoms with van der Waals surface area (Å²) in [7, 11) is 0. The third-order valence-electron chi connectivity index (χ3n) is 3.64. The van der Waals surface area contributed by atoms with Gasteiger partial charge in [0.15, 0.2) is 6.29 Å². The highest BCUT2D eigenvalue weighted by molar-refractivity contribution is 5.67. The summed E-state index contributed by atoms with van der Waals surface area (Å²) in [6.07, 6.45) is 1.76. The summed E-state index contributed by atoms with van der Waals surface area (Å²) in [5.74, 6) is -0.392. The summed E-state index contributed by atoms with van der Waals surface area (Å²) < 4.78 is 11.2. The fourth-order valence-corrected chi connectivity index (χ4v) is 2.56. The number of aliphatic carboxylic acids is 1. The van der Waals surface area contributed by atoms with E-state index in [1.54, 1.807) is 0 Å². The lowest BCUT2D eigenvalue weighted by Crippen LogP contribution is -2.38. The van der Waals surface area contributed by atoms with E-state index in [0.717, 1.165) is 32.5 Å². The number of rotatable bonds is 4. The molecular formula is C12H21NO4. The lowest BCUT2D eigenvalue weighted by molar-refractivity contribution is -0.142. The Morgan fingerprint density at radius 1 is 1.41 bits per heavy atom. The van der Waals surface area contributed by atoms with Gasteiger partial charge in [0.1, 0.15) is 0 Å². The molecule has 0 aromatic heterocycles. The quantitative estimate of drug-likeness (QED) is 0.796. The average Bonchev–Trinajstić information content (AvgIpc) is 2.77. The van der Waals surface area contributed by atoms with Crippen LogP contribution < -0.4 is 0 Å². The smallest absolute Gasteiger partial charge is 0.306 e. The topological polar surface area (TPSA) is 59.0 Å². The third kappa shape index (κ3) is 3.40. The lowest BCUT2D eigenvalue weighted by atomic mass is 9.96. The number of nitrogens with zero attached hydrogens (tertiary/aromatic N) is 1. The molecule has 0 amide bonds. The summed E-state index contributed by atoms with van der Waals surface area (Å²) in [6.45, 7) is 5.87. The Bertz CT molecular complexity index is 263. The Labute approximate surface area is 102 Å². The molecule has 2 fully saturated rings. The number of piperidine rings is 1. The van der Waals surface area contributed by atoms with Gasteiger partial charge in [-0.25, -0.2) is 0 Å². The van der Waals surface area contributed by atoms with Crippen molar-refractivity contribution in [3.63, 3.8) is 0 Å². The molecule has 2 heterocycles. The third-order valence-corrected chi connectivity index (χ3v) is 3.64. The lowest BCUT2D eigenvalue weighted by Gasteiger charge is -2.33. The van der Waals surface area contributed by atoms with Crippen LogP contribution in [0.2, 0.25) is 0 Å². The monoisotopic (exact) mass is 243 g/mol. The molecule has 2 unspecified atom stereocenters. The number of hydrogen-bond acceptors (Lipinski definition) is 4. The van der Waals surface area contributed by atoms with Crippen molar-refractivity contribution in [2.45, 2.75) is 38.6 Å². The van der Waals surface area contributed by atoms with E-state index in [9.17, 15) is 4.79 Å². The average molecular weight is 243 g/mol. The van der Waals surface area contributed by atoms with Crippen LogP contribution >= 0.6 is 0 Å². The highest BCUT2D eigenvalue weighted by atomic mass is 16.7. The van der Waals surface area contributed by atoms with Crippen molar-refractivity contribution >= 4 is 5.97 Å². The van der Waals surface area contributed by atoms with Crippen LogP contribution in [0.3, 0.4) is 0 Å². The molecule has 0 radical (unpaired) electrons. The molecule has 2 rings (SSSR count). The molecule has 2 aliphatic rings. The minimum absolute atomic E-state index is 0.0459. The van der Waals surface area contributed by atoms with Gasteiger partial charge in [-0.05, 0) is 32.5 Å². The predicted molar refractivity (Wildman–Crippen MR) is 61.7 cm³/mol. The standard InChI is InChI=1S/C12H21NO4/c1-2-13-5-3-9(4-6-13)12-16-8-10(17-12)7-11(14)15/h9-10,12H,2-8H2,1H3,(H,14,15). The van der Waals surface area contributed by atoms with Gasteiger partial charge in [0, 0.05) is 5.92 Å². The van der Waals surface area contributed by atoms with Crippen LogP contribution in [0.15, 0.2) is 0 Å². The Kier molecular flexibility index (Phi) is 4.36. The van der Waals surface area contributed by atoms with Gasteiger partial charge >= 0.3 is 5.97 Å². The van der Waals surface area contributed by atoms with Gasteiger partial charge in [-0.3, -0.25) is 4.79 Å². The van der Waals surface area contributed by atoms with Crippen LogP contribution in [-0.4, -0.2) is 54.6 Å². The number of carboxylic acids is 1. The van der Waals surface area contributed by atoms with E-state index in [-0.39, 0.29) is 18.8 Å². The molecule has 98 valence electrons. The minimum atomic E-state index is -0.819. The predicted octanol–water partition coefficient (Wildman–Crippen LogP) is 0.934. The second kappa shape index (κ2) is 5.80. The first-order valence-electron chi connectivity index (χ1n) is 6.40. The Morgan fingerprint density at radius 2 is 2.12 bits per heavy atom. The largest absolute Gasteiger partial charge is 0.481 e. The maximum Gasteiger partial charge on any atom is 0.306 e. The molecule has 5 heteroatoms. The van der Waals surface area contributed by atoms with Gasteiger partial charge in [0.25, 0.3) is 0 Å². The molecular weight excluding hydrogens is 222 g/mol. The summed E-state index contributed by atoms with van der Waals surface area (Å²) in [5, 5.41) is 8.69. The van der Waals surface area contributed by atoms with Gasteiger partial charge in [0.05, 0.1) is 19.1 Å². The number of carbonyl (C=O) groups is 1. The number of hydrogen-bond donors (Lipinski definition) is 1. The zero-order valence-corrected chi connectivity index (χ0v) is 10.3. The van der Waals surface area contributed by atoms with Gasteiger partial charge in [-0.2, -0.15) is 0 Å². The summed E-state index contributed by atoms with van der Waals surface area (Å²) >= 11 is 0. The van der Waals surface area contributed by atoms with Crippen molar-refractivity contribution in [2.24, 2.45) is 5.92 Å². The van der Waals surface area contributed by atoms with Gasteiger partial charge < -0.3 is 19.5 Å². The second-order valence-electron chi connectivity index (χ2n) is 4.83. The van der Waals surface area contributed by atoms with Crippen molar-refractivity contribution in [1.82, 2.24) is 4.90 Å². The molecule has 0 aliphatic carbocycles. The van der Waals surface area contributed by atoms with Crippen LogP contribution in [0.25, 0.3) is 0 Å². The molecule has 0 bridgehead atoms. The van der Waals surface area contributed by atoms with Crippen molar-refractivity contribution in [3.8, 4) is 0 Å². The van der Waals surface area contributed by atoms with E-state index in [1.807, 2.05) is 0 Å². The van der Waals surface area contributed by atoms with Crippen molar-refractivity contribution in [2.75, 3.05) is 26.2 Å². The van der Waals surface area contributed by atoms with Crippen LogP contribution in [0.5, 0.6) is 0 Å². The zero-order valence-electron chi connectivity index (χ0n) is 10.3. The van der Waals surface area contributed by atoms with Crippen LogP contribution in [0.1, 0.15) is 26.2 Å². The normalized spacial score (nSPS) is 31.8. The second-order valence-corrected chi connectivity index (χ2v) is 4.83. The fraction of sp³-hybridized carbons (Fsp3) is 0.917. The van der Waals surface area contributed by atoms with E-state index in [1.165, 1.54) is 0 Å². The maximum absolute atomic E-state index is 10.6. The SMILES string of the molecule is CCN1CCC(C2OCC(CC(=O)O)O2)CC1. The zero-order chi connectivity index (χ0) is 12.3. The maximum atomic E-state index is 10.6. The van der Waals surface area contributed by atoms with Crippen LogP contribution in [-0.2, 0) is 14.3 Å². The van der Waals surface area contributed by atoms with E-state index < -0.39 is 5.97 Å². The first-order valence-corrected chi connectivity index (χ1v) is 6.40. The number of ether oxygens (including phenoxy) is 2. The Hall–Kier alpha value is -0.650. The van der Waals surface area contributed by atoms with Crippen molar-refractivity contribution in [3.05, 3.63) is 0 Å². The Balaban J connectivity index is 1.75. The van der Waals surface area contributed by atoms with E-state index in [4.69, 9.17) is 14.6 Å². The van der Waals surface area contributed by atoms with E-state index in [2.05, 4.69) is 11.8 Å². The van der Waals surface area contributed by atoms with Gasteiger partial charge in [-0.1, -0.05) is 6.92 Å². The first kappa shape index (κ1) is 12.8. The molecule has 5 nitrogen and oxygen atoms in total. The minimum Gasteiger partial charge on any atom is -0.481 e. The van der Waals surface area contributed by atoms with Gasteiger partial charge in [0.2, 0.25) is 0 Å². The summed E-state index contributed by atoms with van der Waals surface area (Å²) in [4.78, 5) is 13.0. The highest BCUT2D eigenvalue weighted by Crippen LogP contribution is 2.28. The van der Waals surface area contributed by atoms with Crippen molar-refractivity contribution < 1.29 is 19.4 Å². The summed E-state index contributed by atoms with van der Waals surface area (Å²) in [5.41, 5.74) is 0. The first-order chi connectivity index (χ1) is 8.19. The highest BCUT2D eigenvalue weighted by Gasteiger charge is 2.35. The van der Waals surface area contributed by atoms with Crippen LogP contribution in [0.4, 0.5) is 0 Å². The molecule has 2 atom stereocenters. The molecule has 17 heavy (non-hydrogen) atoms. The van der Waals surface area contributed by atoms with E-state index in [0.29, 0.717) is 12.5 Å². The molecule has 2 aliphatic heterocycles. The van der Waals surface area contributed by atoms with E-state index >= 15 is 0 Å². The molecule has 0 saturated carbocycles. The molecule has 0 spiro atoms. The number of likely N-dealkylation sites (tertiary alicyclic amines) is 1. The van der Waals surface area contributed by atoms with Crippen LogP contribution in [0, 0.1) is 5.92 Å². The van der Waals surface area contributed by atoms with Crippen molar-refractivity contribution in [1.29, 1.82) is 0 Å². The Morgan fingerprint density at radius 3 is 2.71 bits per heavy atom. The molecule has 1 N–H and O–H groups in total. The molecule has 0 aromatic carbocycles. The number of carboxylic acid groups (broad SMARTS) is 1. The van der Waals surface area contributed by atoms with Gasteiger partial charge in [-0.15, -0.1) is 0 Å². The fourth-order valence-electron chi connectivity index (χ4n) is 2.56.